The predicted octanol–water partition coefficient (Wildman–Crippen LogP) is 1.91. The van der Waals surface area contributed by atoms with Crippen molar-refractivity contribution in [2.24, 2.45) is 0 Å². The van der Waals surface area contributed by atoms with Crippen molar-refractivity contribution < 1.29 is 4.79 Å². The Morgan fingerprint density at radius 3 is 2.59 bits per heavy atom. The van der Waals surface area contributed by atoms with Crippen molar-refractivity contribution in [3.05, 3.63) is 29.8 Å². The summed E-state index contributed by atoms with van der Waals surface area (Å²) < 4.78 is 0. The Bertz CT molecular complexity index is 530. The minimum atomic E-state index is -0.0186. The number of nitrogens with zero attached hydrogens (tertiary/aromatic N) is 3. The average molecular weight is 300 g/mol. The van der Waals surface area contributed by atoms with Crippen LogP contribution in [0.3, 0.4) is 0 Å². The summed E-state index contributed by atoms with van der Waals surface area (Å²) in [4.78, 5) is 16.8. The van der Waals surface area contributed by atoms with Crippen LogP contribution >= 0.6 is 0 Å². The quantitative estimate of drug-likeness (QED) is 0.872. The molecule has 1 saturated heterocycles. The van der Waals surface area contributed by atoms with Gasteiger partial charge in [-0.2, -0.15) is 5.26 Å². The van der Waals surface area contributed by atoms with Gasteiger partial charge < -0.3 is 15.1 Å². The zero-order valence-corrected chi connectivity index (χ0v) is 13.2. The average Bonchev–Trinajstić information content (AvgIpc) is 2.56. The molecular formula is C17H24N4O. The molecular weight excluding hydrogens is 276 g/mol. The van der Waals surface area contributed by atoms with Crippen molar-refractivity contribution in [2.45, 2.75) is 19.8 Å². The van der Waals surface area contributed by atoms with Crippen LogP contribution in [-0.2, 0) is 4.79 Å². The molecule has 2 rings (SSSR count). The van der Waals surface area contributed by atoms with Crippen LogP contribution in [0.15, 0.2) is 24.3 Å². The van der Waals surface area contributed by atoms with Crippen LogP contribution in [-0.4, -0.2) is 55.0 Å². The summed E-state index contributed by atoms with van der Waals surface area (Å²) >= 11 is 0. The highest BCUT2D eigenvalue weighted by Gasteiger charge is 2.15. The number of likely N-dealkylation sites (N-methyl/N-ethyl adjacent to an activating group) is 1. The fourth-order valence-electron chi connectivity index (χ4n) is 2.69. The number of para-hydroxylation sites is 1. The number of benzene rings is 1. The summed E-state index contributed by atoms with van der Waals surface area (Å²) in [7, 11) is 0. The molecule has 0 saturated carbocycles. The number of carbonyl (C=O) groups excluding carboxylic acids is 1. The van der Waals surface area contributed by atoms with Crippen LogP contribution < -0.4 is 5.32 Å². The van der Waals surface area contributed by atoms with Crippen molar-refractivity contribution in [3.8, 4) is 6.07 Å². The van der Waals surface area contributed by atoms with E-state index in [4.69, 9.17) is 5.26 Å². The first kappa shape index (κ1) is 16.5. The van der Waals surface area contributed by atoms with E-state index in [-0.39, 0.29) is 5.91 Å². The molecule has 0 radical (unpaired) electrons. The fourth-order valence-corrected chi connectivity index (χ4v) is 2.69. The van der Waals surface area contributed by atoms with Gasteiger partial charge in [0.2, 0.25) is 5.91 Å². The Morgan fingerprint density at radius 1 is 1.23 bits per heavy atom. The van der Waals surface area contributed by atoms with Crippen molar-refractivity contribution in [2.75, 3.05) is 44.6 Å². The van der Waals surface area contributed by atoms with Gasteiger partial charge in [-0.3, -0.25) is 4.79 Å². The van der Waals surface area contributed by atoms with Crippen molar-refractivity contribution in [1.29, 1.82) is 5.26 Å². The molecule has 1 aromatic rings. The third-order valence-electron chi connectivity index (χ3n) is 4.11. The first-order chi connectivity index (χ1) is 10.7. The number of carbonyl (C=O) groups is 1. The molecule has 0 unspecified atom stereocenters. The molecule has 1 N–H and O–H groups in total. The van der Waals surface area contributed by atoms with E-state index in [1.54, 1.807) is 18.2 Å². The van der Waals surface area contributed by atoms with E-state index >= 15 is 0 Å². The zero-order chi connectivity index (χ0) is 15.8. The maximum Gasteiger partial charge on any atom is 0.224 e. The van der Waals surface area contributed by atoms with Gasteiger partial charge in [-0.05, 0) is 31.6 Å². The Morgan fingerprint density at radius 2 is 1.91 bits per heavy atom. The van der Waals surface area contributed by atoms with Crippen molar-refractivity contribution in [1.82, 2.24) is 9.80 Å². The molecule has 1 aromatic carbocycles. The van der Waals surface area contributed by atoms with Crippen LogP contribution in [0.1, 0.15) is 25.3 Å². The van der Waals surface area contributed by atoms with E-state index in [0.29, 0.717) is 17.7 Å². The third kappa shape index (κ3) is 4.83. The lowest BCUT2D eigenvalue weighted by Gasteiger charge is -2.33. The molecule has 1 amide bonds. The third-order valence-corrected chi connectivity index (χ3v) is 4.11. The summed E-state index contributed by atoms with van der Waals surface area (Å²) in [5.41, 5.74) is 1.11. The topological polar surface area (TPSA) is 59.4 Å². The summed E-state index contributed by atoms with van der Waals surface area (Å²) in [6.45, 7) is 8.70. The van der Waals surface area contributed by atoms with Gasteiger partial charge in [-0.15, -0.1) is 0 Å². The first-order valence-electron chi connectivity index (χ1n) is 7.96. The number of hydrogen-bond acceptors (Lipinski definition) is 4. The van der Waals surface area contributed by atoms with Crippen LogP contribution in [0.2, 0.25) is 0 Å². The van der Waals surface area contributed by atoms with Gasteiger partial charge in [0.1, 0.15) is 6.07 Å². The van der Waals surface area contributed by atoms with E-state index in [1.807, 2.05) is 6.07 Å². The number of rotatable bonds is 6. The molecule has 1 aliphatic heterocycles. The molecule has 0 aromatic heterocycles. The Hall–Kier alpha value is -1.90. The molecule has 118 valence electrons. The zero-order valence-electron chi connectivity index (χ0n) is 13.2. The molecule has 1 aliphatic rings. The van der Waals surface area contributed by atoms with Gasteiger partial charge >= 0.3 is 0 Å². The molecule has 22 heavy (non-hydrogen) atoms. The van der Waals surface area contributed by atoms with Crippen LogP contribution in [0, 0.1) is 11.3 Å². The minimum Gasteiger partial charge on any atom is -0.325 e. The maximum absolute atomic E-state index is 12.0. The monoisotopic (exact) mass is 300 g/mol. The molecule has 0 spiro atoms. The lowest BCUT2D eigenvalue weighted by molar-refractivity contribution is -0.116. The highest BCUT2D eigenvalue weighted by molar-refractivity contribution is 5.92. The number of anilines is 1. The van der Waals surface area contributed by atoms with E-state index in [0.717, 1.165) is 45.7 Å². The van der Waals surface area contributed by atoms with Crippen LogP contribution in [0.25, 0.3) is 0 Å². The van der Waals surface area contributed by atoms with E-state index in [1.165, 1.54) is 0 Å². The summed E-state index contributed by atoms with van der Waals surface area (Å²) in [6.07, 6.45) is 1.35. The van der Waals surface area contributed by atoms with E-state index in [9.17, 15) is 4.79 Å². The normalized spacial score (nSPS) is 16.2. The van der Waals surface area contributed by atoms with Gasteiger partial charge in [0, 0.05) is 32.6 Å². The Labute approximate surface area is 132 Å². The van der Waals surface area contributed by atoms with Crippen molar-refractivity contribution in [3.63, 3.8) is 0 Å². The summed E-state index contributed by atoms with van der Waals surface area (Å²) in [6, 6.07) is 9.19. The smallest absolute Gasteiger partial charge is 0.224 e. The molecule has 0 bridgehead atoms. The summed E-state index contributed by atoms with van der Waals surface area (Å²) in [5.74, 6) is -0.0186. The van der Waals surface area contributed by atoms with Crippen LogP contribution in [0.5, 0.6) is 0 Å². The number of nitrogens with one attached hydrogen (secondary N) is 1. The van der Waals surface area contributed by atoms with Gasteiger partial charge in [-0.1, -0.05) is 19.1 Å². The SMILES string of the molecule is CCN1CCN(CCCC(=O)Nc2ccccc2C#N)CC1. The second-order valence-electron chi connectivity index (χ2n) is 5.59. The fraction of sp³-hybridized carbons (Fsp3) is 0.529. The number of nitriles is 1. The van der Waals surface area contributed by atoms with Gasteiger partial charge in [0.05, 0.1) is 11.3 Å². The second kappa shape index (κ2) is 8.52. The highest BCUT2D eigenvalue weighted by Crippen LogP contribution is 2.14. The lowest BCUT2D eigenvalue weighted by Crippen LogP contribution is -2.46. The molecule has 0 aliphatic carbocycles. The first-order valence-corrected chi connectivity index (χ1v) is 7.96. The molecule has 5 heteroatoms. The van der Waals surface area contributed by atoms with Gasteiger partial charge in [0.25, 0.3) is 0 Å². The largest absolute Gasteiger partial charge is 0.325 e. The predicted molar refractivity (Wildman–Crippen MR) is 87.6 cm³/mol. The highest BCUT2D eigenvalue weighted by atomic mass is 16.1. The number of hydrogen-bond donors (Lipinski definition) is 1. The second-order valence-corrected chi connectivity index (χ2v) is 5.59. The van der Waals surface area contributed by atoms with Crippen LogP contribution in [0.4, 0.5) is 5.69 Å². The summed E-state index contributed by atoms with van der Waals surface area (Å²) in [5, 5.41) is 11.8. The number of piperazine rings is 1. The van der Waals surface area contributed by atoms with Crippen molar-refractivity contribution >= 4 is 11.6 Å². The van der Waals surface area contributed by atoms with Gasteiger partial charge in [-0.25, -0.2) is 0 Å². The minimum absolute atomic E-state index is 0.0186. The Balaban J connectivity index is 1.69. The van der Waals surface area contributed by atoms with E-state index < -0.39 is 0 Å². The van der Waals surface area contributed by atoms with E-state index in [2.05, 4.69) is 28.1 Å². The standard InChI is InChI=1S/C17H24N4O/c1-2-20-10-12-21(13-11-20)9-5-8-17(22)19-16-7-4-3-6-15(16)14-18/h3-4,6-7H,2,5,8-13H2,1H3,(H,19,22). The molecule has 1 fully saturated rings. The Kier molecular flexibility index (Phi) is 6.38. The van der Waals surface area contributed by atoms with Gasteiger partial charge in [0.15, 0.2) is 0 Å². The maximum atomic E-state index is 12.0. The molecule has 1 heterocycles. The molecule has 5 nitrogen and oxygen atoms in total. The molecule has 0 atom stereocenters. The lowest BCUT2D eigenvalue weighted by atomic mass is 10.2. The number of amides is 1.